The first-order chi connectivity index (χ1) is 14.4. The van der Waals surface area contributed by atoms with E-state index in [1.54, 1.807) is 30.0 Å². The molecule has 9 heteroatoms. The fourth-order valence-corrected chi connectivity index (χ4v) is 3.77. The molecule has 2 N–H and O–H groups in total. The van der Waals surface area contributed by atoms with Crippen LogP contribution in [0.25, 0.3) is 11.1 Å². The van der Waals surface area contributed by atoms with E-state index in [0.717, 1.165) is 16.8 Å². The molecule has 0 aliphatic carbocycles. The first-order valence-electron chi connectivity index (χ1n) is 9.16. The van der Waals surface area contributed by atoms with Crippen LogP contribution in [0.15, 0.2) is 42.5 Å². The van der Waals surface area contributed by atoms with E-state index < -0.39 is 6.04 Å². The van der Waals surface area contributed by atoms with Crippen molar-refractivity contribution in [3.05, 3.63) is 58.2 Å². The second-order valence-corrected chi connectivity index (χ2v) is 7.69. The van der Waals surface area contributed by atoms with E-state index in [4.69, 9.17) is 27.9 Å². The van der Waals surface area contributed by atoms with Crippen molar-refractivity contribution in [3.63, 3.8) is 0 Å². The Morgan fingerprint density at radius 1 is 1.23 bits per heavy atom. The summed E-state index contributed by atoms with van der Waals surface area (Å²) in [4.78, 5) is 25.1. The molecule has 154 valence electrons. The second kappa shape index (κ2) is 8.01. The van der Waals surface area contributed by atoms with Crippen molar-refractivity contribution in [2.75, 3.05) is 17.7 Å². The fraction of sp³-hybridized carbons (Fsp3) is 0.190. The number of ether oxygens (including phenoxy) is 1. The van der Waals surface area contributed by atoms with Gasteiger partial charge in [-0.1, -0.05) is 35.3 Å². The highest BCUT2D eigenvalue weighted by molar-refractivity contribution is 6.42. The molecule has 1 unspecified atom stereocenters. The van der Waals surface area contributed by atoms with Gasteiger partial charge in [0.1, 0.15) is 17.6 Å². The average molecular weight is 445 g/mol. The van der Waals surface area contributed by atoms with E-state index in [9.17, 15) is 9.59 Å². The zero-order chi connectivity index (χ0) is 21.4. The second-order valence-electron chi connectivity index (χ2n) is 6.87. The van der Waals surface area contributed by atoms with Gasteiger partial charge in [-0.15, -0.1) is 0 Å². The molecule has 1 aromatic heterocycles. The lowest BCUT2D eigenvalue weighted by Gasteiger charge is -2.10. The Morgan fingerprint density at radius 2 is 2.03 bits per heavy atom. The largest absolute Gasteiger partial charge is 0.497 e. The first kappa shape index (κ1) is 20.3. The summed E-state index contributed by atoms with van der Waals surface area (Å²) in [6.45, 7) is 1.86. The van der Waals surface area contributed by atoms with Gasteiger partial charge in [-0.2, -0.15) is 5.10 Å². The van der Waals surface area contributed by atoms with Crippen LogP contribution in [-0.4, -0.2) is 28.7 Å². The van der Waals surface area contributed by atoms with Crippen LogP contribution in [0.3, 0.4) is 0 Å². The molecule has 7 nitrogen and oxygen atoms in total. The summed E-state index contributed by atoms with van der Waals surface area (Å²) in [5.74, 6) is 0.648. The molecule has 0 bridgehead atoms. The van der Waals surface area contributed by atoms with Crippen LogP contribution in [0, 0.1) is 6.92 Å². The molecule has 1 atom stereocenters. The number of nitrogens with zero attached hydrogens (tertiary/aromatic N) is 2. The molecule has 0 fully saturated rings. The molecular formula is C21H18Cl2N4O3. The summed E-state index contributed by atoms with van der Waals surface area (Å²) < 4.78 is 6.86. The third-order valence-electron chi connectivity index (χ3n) is 4.87. The topological polar surface area (TPSA) is 85.2 Å². The Bertz CT molecular complexity index is 1160. The van der Waals surface area contributed by atoms with Gasteiger partial charge in [0.2, 0.25) is 5.91 Å². The molecule has 1 aliphatic rings. The van der Waals surface area contributed by atoms with Crippen molar-refractivity contribution in [2.24, 2.45) is 0 Å². The number of methoxy groups -OCH3 is 1. The average Bonchev–Trinajstić information content (AvgIpc) is 3.18. The van der Waals surface area contributed by atoms with Crippen LogP contribution < -0.4 is 15.4 Å². The van der Waals surface area contributed by atoms with Crippen LogP contribution >= 0.6 is 23.2 Å². The minimum atomic E-state index is -0.749. The lowest BCUT2D eigenvalue weighted by molar-refractivity contribution is -0.123. The summed E-state index contributed by atoms with van der Waals surface area (Å²) in [5, 5.41) is 10.8. The number of fused-ring (bicyclic) bond motifs is 1. The van der Waals surface area contributed by atoms with E-state index in [1.807, 2.05) is 31.2 Å². The van der Waals surface area contributed by atoms with Gasteiger partial charge in [0.25, 0.3) is 5.91 Å². The molecule has 0 saturated heterocycles. The predicted octanol–water partition coefficient (Wildman–Crippen LogP) is 4.70. The van der Waals surface area contributed by atoms with Gasteiger partial charge in [-0.05, 0) is 42.8 Å². The molecule has 4 rings (SSSR count). The molecule has 0 radical (unpaired) electrons. The van der Waals surface area contributed by atoms with Crippen LogP contribution in [-0.2, 0) is 9.59 Å². The number of aryl methyl sites for hydroxylation is 1. The van der Waals surface area contributed by atoms with Gasteiger partial charge < -0.3 is 15.4 Å². The number of rotatable bonds is 5. The molecule has 30 heavy (non-hydrogen) atoms. The molecular weight excluding hydrogens is 427 g/mol. The number of benzene rings is 2. The molecule has 0 saturated carbocycles. The van der Waals surface area contributed by atoms with E-state index in [0.29, 0.717) is 27.3 Å². The first-order valence-corrected chi connectivity index (χ1v) is 9.92. The Labute approximate surface area is 182 Å². The van der Waals surface area contributed by atoms with Crippen molar-refractivity contribution in [2.45, 2.75) is 19.4 Å². The predicted molar refractivity (Wildman–Crippen MR) is 116 cm³/mol. The number of halogens is 2. The third kappa shape index (κ3) is 3.74. The van der Waals surface area contributed by atoms with Crippen LogP contribution in [0.2, 0.25) is 10.0 Å². The van der Waals surface area contributed by atoms with E-state index in [1.165, 1.54) is 0 Å². The summed E-state index contributed by atoms with van der Waals surface area (Å²) >= 11 is 11.9. The number of carbonyl (C=O) groups excluding carboxylic acids is 2. The van der Waals surface area contributed by atoms with Crippen molar-refractivity contribution in [1.82, 2.24) is 9.78 Å². The van der Waals surface area contributed by atoms with Gasteiger partial charge in [0, 0.05) is 11.3 Å². The summed E-state index contributed by atoms with van der Waals surface area (Å²) in [6.07, 6.45) is -0.0717. The molecule has 3 aromatic rings. The highest BCUT2D eigenvalue weighted by atomic mass is 35.5. The normalized spacial score (nSPS) is 14.9. The Balaban J connectivity index is 1.58. The van der Waals surface area contributed by atoms with Crippen LogP contribution in [0.4, 0.5) is 11.5 Å². The zero-order valence-corrected chi connectivity index (χ0v) is 17.7. The van der Waals surface area contributed by atoms with Crippen molar-refractivity contribution in [1.29, 1.82) is 0 Å². The standard InChI is InChI=1S/C21H18Cl2N4O3/c1-11-19(12-4-3-5-14(8-12)30-2)20-25-21(29)17(27(20)26-11)10-18(28)24-13-6-7-15(22)16(23)9-13/h3-9,17H,10H2,1-2H3,(H,24,28)(H,25,29). The fourth-order valence-electron chi connectivity index (χ4n) is 3.47. The number of hydrogen-bond donors (Lipinski definition) is 2. The molecule has 1 aliphatic heterocycles. The molecule has 2 aromatic carbocycles. The quantitative estimate of drug-likeness (QED) is 0.597. The lowest BCUT2D eigenvalue weighted by atomic mass is 10.1. The SMILES string of the molecule is COc1cccc(-c2c(C)nn3c2NC(=O)C3CC(=O)Nc2ccc(Cl)c(Cl)c2)c1. The van der Waals surface area contributed by atoms with E-state index in [-0.39, 0.29) is 18.2 Å². The third-order valence-corrected chi connectivity index (χ3v) is 5.60. The van der Waals surface area contributed by atoms with Crippen LogP contribution in [0.1, 0.15) is 18.2 Å². The summed E-state index contributed by atoms with van der Waals surface area (Å²) in [6, 6.07) is 11.6. The lowest BCUT2D eigenvalue weighted by Crippen LogP contribution is -2.23. The van der Waals surface area contributed by atoms with Gasteiger partial charge in [0.15, 0.2) is 0 Å². The number of hydrogen-bond acceptors (Lipinski definition) is 4. The highest BCUT2D eigenvalue weighted by Gasteiger charge is 2.36. The highest BCUT2D eigenvalue weighted by Crippen LogP contribution is 2.39. The molecule has 2 amide bonds. The number of nitrogens with one attached hydrogen (secondary N) is 2. The maximum absolute atomic E-state index is 12.6. The minimum Gasteiger partial charge on any atom is -0.497 e. The minimum absolute atomic E-state index is 0.0717. The van der Waals surface area contributed by atoms with Crippen molar-refractivity contribution < 1.29 is 14.3 Å². The Hall–Kier alpha value is -3.03. The number of amides is 2. The van der Waals surface area contributed by atoms with Gasteiger partial charge in [-0.3, -0.25) is 9.59 Å². The van der Waals surface area contributed by atoms with Crippen LogP contribution in [0.5, 0.6) is 5.75 Å². The molecule has 0 spiro atoms. The number of carbonyl (C=O) groups is 2. The maximum atomic E-state index is 12.6. The van der Waals surface area contributed by atoms with Gasteiger partial charge in [-0.25, -0.2) is 4.68 Å². The van der Waals surface area contributed by atoms with E-state index in [2.05, 4.69) is 15.7 Å². The summed E-state index contributed by atoms with van der Waals surface area (Å²) in [7, 11) is 1.60. The van der Waals surface area contributed by atoms with Crippen molar-refractivity contribution in [3.8, 4) is 16.9 Å². The zero-order valence-electron chi connectivity index (χ0n) is 16.2. The summed E-state index contributed by atoms with van der Waals surface area (Å²) in [5.41, 5.74) is 2.92. The number of anilines is 2. The molecule has 2 heterocycles. The maximum Gasteiger partial charge on any atom is 0.251 e. The number of aromatic nitrogens is 2. The Morgan fingerprint density at radius 3 is 2.77 bits per heavy atom. The monoisotopic (exact) mass is 444 g/mol. The van der Waals surface area contributed by atoms with Gasteiger partial charge in [0.05, 0.1) is 29.3 Å². The smallest absolute Gasteiger partial charge is 0.251 e. The van der Waals surface area contributed by atoms with Crippen molar-refractivity contribution >= 4 is 46.5 Å². The van der Waals surface area contributed by atoms with E-state index >= 15 is 0 Å². The Kier molecular flexibility index (Phi) is 5.40. The van der Waals surface area contributed by atoms with Gasteiger partial charge >= 0.3 is 0 Å².